The zero-order chi connectivity index (χ0) is 12.4. The Morgan fingerprint density at radius 3 is 2.82 bits per heavy atom. The van der Waals surface area contributed by atoms with Crippen molar-refractivity contribution >= 4 is 33.5 Å². The van der Waals surface area contributed by atoms with Crippen molar-refractivity contribution in [3.05, 3.63) is 57.3 Å². The van der Waals surface area contributed by atoms with Crippen molar-refractivity contribution in [2.24, 2.45) is 0 Å². The van der Waals surface area contributed by atoms with E-state index in [4.69, 9.17) is 16.7 Å². The fourth-order valence-corrected chi connectivity index (χ4v) is 2.31. The Hall–Kier alpha value is -1.26. The maximum Gasteiger partial charge on any atom is 0.352 e. The van der Waals surface area contributed by atoms with Crippen LogP contribution in [0.5, 0.6) is 0 Å². The first kappa shape index (κ1) is 12.2. The molecule has 2 rings (SSSR count). The lowest BCUT2D eigenvalue weighted by atomic mass is 10.2. The van der Waals surface area contributed by atoms with Crippen LogP contribution in [0.3, 0.4) is 0 Å². The Balaban J connectivity index is 2.31. The zero-order valence-electron chi connectivity index (χ0n) is 8.73. The van der Waals surface area contributed by atoms with Gasteiger partial charge in [-0.15, -0.1) is 0 Å². The summed E-state index contributed by atoms with van der Waals surface area (Å²) in [5, 5.41) is 9.60. The van der Waals surface area contributed by atoms with E-state index >= 15 is 0 Å². The van der Waals surface area contributed by atoms with E-state index in [1.54, 1.807) is 29.0 Å². The first-order valence-electron chi connectivity index (χ1n) is 4.90. The van der Waals surface area contributed by atoms with Crippen LogP contribution >= 0.6 is 27.5 Å². The number of hydrogen-bond acceptors (Lipinski definition) is 1. The number of carboxylic acids is 1. The van der Waals surface area contributed by atoms with E-state index in [1.165, 1.54) is 0 Å². The van der Waals surface area contributed by atoms with E-state index in [2.05, 4.69) is 15.9 Å². The van der Waals surface area contributed by atoms with Crippen LogP contribution < -0.4 is 0 Å². The van der Waals surface area contributed by atoms with Gasteiger partial charge in [0.05, 0.1) is 0 Å². The Bertz CT molecular complexity index is 565. The van der Waals surface area contributed by atoms with Crippen LogP contribution in [0.25, 0.3) is 0 Å². The molecular formula is C12H9BrClNO2. The van der Waals surface area contributed by atoms with Crippen molar-refractivity contribution in [3.63, 3.8) is 0 Å². The van der Waals surface area contributed by atoms with E-state index in [0.717, 1.165) is 10.0 Å². The standard InChI is InChI=1S/C12H9BrClNO2/c13-9-4-3-8(10(14)6-9)7-15-5-1-2-11(15)12(16)17/h1-6H,7H2,(H,16,17). The number of carboxylic acid groups (broad SMARTS) is 1. The minimum atomic E-state index is -0.941. The molecule has 0 aliphatic carbocycles. The Morgan fingerprint density at radius 2 is 2.18 bits per heavy atom. The second-order valence-electron chi connectivity index (χ2n) is 3.56. The Labute approximate surface area is 112 Å². The number of aromatic nitrogens is 1. The van der Waals surface area contributed by atoms with Gasteiger partial charge in [-0.1, -0.05) is 33.6 Å². The van der Waals surface area contributed by atoms with Crippen molar-refractivity contribution in [2.45, 2.75) is 6.54 Å². The molecule has 0 unspecified atom stereocenters. The quantitative estimate of drug-likeness (QED) is 0.939. The number of nitrogens with zero attached hydrogens (tertiary/aromatic N) is 1. The first-order chi connectivity index (χ1) is 8.08. The predicted molar refractivity (Wildman–Crippen MR) is 69.6 cm³/mol. The van der Waals surface area contributed by atoms with Crippen LogP contribution in [0.4, 0.5) is 0 Å². The van der Waals surface area contributed by atoms with Gasteiger partial charge in [0.2, 0.25) is 0 Å². The lowest BCUT2D eigenvalue weighted by molar-refractivity contribution is 0.0685. The average Bonchev–Trinajstić information content (AvgIpc) is 2.70. The van der Waals surface area contributed by atoms with Crippen molar-refractivity contribution in [1.82, 2.24) is 4.57 Å². The van der Waals surface area contributed by atoms with Gasteiger partial charge >= 0.3 is 5.97 Å². The summed E-state index contributed by atoms with van der Waals surface area (Å²) in [5.41, 5.74) is 1.14. The predicted octanol–water partition coefficient (Wildman–Crippen LogP) is 3.65. The van der Waals surface area contributed by atoms with Crippen LogP contribution in [-0.4, -0.2) is 15.6 Å². The number of halogens is 2. The molecular weight excluding hydrogens is 305 g/mol. The molecule has 0 bridgehead atoms. The molecule has 88 valence electrons. The van der Waals surface area contributed by atoms with Crippen LogP contribution in [-0.2, 0) is 6.54 Å². The maximum absolute atomic E-state index is 11.0. The van der Waals surface area contributed by atoms with Gasteiger partial charge in [-0.3, -0.25) is 0 Å². The van der Waals surface area contributed by atoms with Gasteiger partial charge < -0.3 is 9.67 Å². The summed E-state index contributed by atoms with van der Waals surface area (Å²) in [6.45, 7) is 0.445. The Morgan fingerprint density at radius 1 is 1.41 bits per heavy atom. The molecule has 1 N–H and O–H groups in total. The molecule has 1 heterocycles. The third kappa shape index (κ3) is 2.70. The molecule has 0 fully saturated rings. The molecule has 0 saturated carbocycles. The van der Waals surface area contributed by atoms with Crippen molar-refractivity contribution < 1.29 is 9.90 Å². The number of aromatic carboxylic acids is 1. The largest absolute Gasteiger partial charge is 0.477 e. The van der Waals surface area contributed by atoms with Crippen LogP contribution in [0.15, 0.2) is 41.0 Å². The fourth-order valence-electron chi connectivity index (χ4n) is 1.58. The van der Waals surface area contributed by atoms with Crippen molar-refractivity contribution in [3.8, 4) is 0 Å². The summed E-state index contributed by atoms with van der Waals surface area (Å²) in [4.78, 5) is 11.0. The van der Waals surface area contributed by atoms with Gasteiger partial charge in [0, 0.05) is 22.2 Å². The second-order valence-corrected chi connectivity index (χ2v) is 4.89. The fraction of sp³-hybridized carbons (Fsp3) is 0.0833. The second kappa shape index (κ2) is 4.94. The molecule has 0 spiro atoms. The number of carbonyl (C=O) groups is 1. The minimum Gasteiger partial charge on any atom is -0.477 e. The number of benzene rings is 1. The van der Waals surface area contributed by atoms with Crippen molar-refractivity contribution in [2.75, 3.05) is 0 Å². The third-order valence-electron chi connectivity index (χ3n) is 2.40. The highest BCUT2D eigenvalue weighted by Gasteiger charge is 2.10. The van der Waals surface area contributed by atoms with Gasteiger partial charge in [0.1, 0.15) is 5.69 Å². The zero-order valence-corrected chi connectivity index (χ0v) is 11.1. The van der Waals surface area contributed by atoms with Gasteiger partial charge in [-0.2, -0.15) is 0 Å². The van der Waals surface area contributed by atoms with E-state index in [9.17, 15) is 4.79 Å². The molecule has 2 aromatic rings. The monoisotopic (exact) mass is 313 g/mol. The van der Waals surface area contributed by atoms with Gasteiger partial charge in [-0.25, -0.2) is 4.79 Å². The smallest absolute Gasteiger partial charge is 0.352 e. The summed E-state index contributed by atoms with van der Waals surface area (Å²) < 4.78 is 2.55. The molecule has 0 radical (unpaired) electrons. The summed E-state index contributed by atoms with van der Waals surface area (Å²) in [7, 11) is 0. The number of rotatable bonds is 3. The van der Waals surface area contributed by atoms with Crippen LogP contribution in [0, 0.1) is 0 Å². The topological polar surface area (TPSA) is 42.2 Å². The minimum absolute atomic E-state index is 0.254. The average molecular weight is 315 g/mol. The molecule has 0 atom stereocenters. The lowest BCUT2D eigenvalue weighted by Gasteiger charge is -2.08. The van der Waals surface area contributed by atoms with Crippen LogP contribution in [0.1, 0.15) is 16.1 Å². The highest BCUT2D eigenvalue weighted by molar-refractivity contribution is 9.10. The van der Waals surface area contributed by atoms with Gasteiger partial charge in [0.15, 0.2) is 0 Å². The molecule has 1 aromatic carbocycles. The molecule has 3 nitrogen and oxygen atoms in total. The normalized spacial score (nSPS) is 10.5. The summed E-state index contributed by atoms with van der Waals surface area (Å²) >= 11 is 9.41. The van der Waals surface area contributed by atoms with Crippen LogP contribution in [0.2, 0.25) is 5.02 Å². The number of hydrogen-bond donors (Lipinski definition) is 1. The molecule has 1 aromatic heterocycles. The molecule has 0 amide bonds. The van der Waals surface area contributed by atoms with E-state index in [0.29, 0.717) is 11.6 Å². The first-order valence-corrected chi connectivity index (χ1v) is 6.07. The van der Waals surface area contributed by atoms with E-state index in [-0.39, 0.29) is 5.69 Å². The van der Waals surface area contributed by atoms with Gasteiger partial charge in [0.25, 0.3) is 0 Å². The SMILES string of the molecule is O=C(O)c1cccn1Cc1ccc(Br)cc1Cl. The molecule has 0 aliphatic heterocycles. The summed E-state index contributed by atoms with van der Waals surface area (Å²) in [6.07, 6.45) is 1.72. The van der Waals surface area contributed by atoms with Gasteiger partial charge in [-0.05, 0) is 29.8 Å². The summed E-state index contributed by atoms with van der Waals surface area (Å²) in [6, 6.07) is 8.81. The molecule has 5 heteroatoms. The Kier molecular flexibility index (Phi) is 3.54. The summed E-state index contributed by atoms with van der Waals surface area (Å²) in [5.74, 6) is -0.941. The highest BCUT2D eigenvalue weighted by atomic mass is 79.9. The molecule has 17 heavy (non-hydrogen) atoms. The molecule has 0 saturated heterocycles. The maximum atomic E-state index is 11.0. The molecule has 0 aliphatic rings. The third-order valence-corrected chi connectivity index (χ3v) is 3.25. The van der Waals surface area contributed by atoms with Crippen molar-refractivity contribution in [1.29, 1.82) is 0 Å². The lowest BCUT2D eigenvalue weighted by Crippen LogP contribution is -2.08. The van der Waals surface area contributed by atoms with E-state index < -0.39 is 5.97 Å². The van der Waals surface area contributed by atoms with E-state index in [1.807, 2.05) is 12.1 Å². The highest BCUT2D eigenvalue weighted by Crippen LogP contribution is 2.22.